The summed E-state index contributed by atoms with van der Waals surface area (Å²) in [5.74, 6) is 0. The van der Waals surface area contributed by atoms with Gasteiger partial charge in [0.05, 0.1) is 21.6 Å². The molecule has 3 nitrogen and oxygen atoms in total. The molecule has 0 spiro atoms. The first kappa shape index (κ1) is 13.1. The highest BCUT2D eigenvalue weighted by atomic mass is 32.1. The van der Waals surface area contributed by atoms with E-state index in [4.69, 9.17) is 11.1 Å². The van der Waals surface area contributed by atoms with Gasteiger partial charge in [0.1, 0.15) is 0 Å². The Kier molecular flexibility index (Phi) is 2.81. The van der Waals surface area contributed by atoms with Crippen molar-refractivity contribution in [3.63, 3.8) is 0 Å². The van der Waals surface area contributed by atoms with Gasteiger partial charge >= 0.3 is 0 Å². The number of nitrogens with zero attached hydrogens (tertiary/aromatic N) is 1. The van der Waals surface area contributed by atoms with E-state index in [2.05, 4.69) is 35.2 Å². The van der Waals surface area contributed by atoms with Gasteiger partial charge in [0.15, 0.2) is 0 Å². The van der Waals surface area contributed by atoms with E-state index in [1.807, 2.05) is 30.3 Å². The lowest BCUT2D eigenvalue weighted by molar-refractivity contribution is 0.932. The van der Waals surface area contributed by atoms with Crippen LogP contribution in [0.5, 0.6) is 0 Å². The molecule has 2 heterocycles. The molecule has 4 rings (SSSR count). The zero-order valence-electron chi connectivity index (χ0n) is 12.1. The lowest BCUT2D eigenvalue weighted by Gasteiger charge is -2.20. The Balaban J connectivity index is 2.28. The fraction of sp³-hybridized carbons (Fsp3) is 0.0556. The van der Waals surface area contributed by atoms with E-state index in [-0.39, 0.29) is 0 Å². The van der Waals surface area contributed by atoms with Gasteiger partial charge in [-0.15, -0.1) is 11.3 Å². The molecular formula is C18H15N3S. The lowest BCUT2D eigenvalue weighted by Crippen LogP contribution is -2.08. The molecule has 22 heavy (non-hydrogen) atoms. The largest absolute Gasteiger partial charge is 0.399 e. The van der Waals surface area contributed by atoms with Crippen molar-refractivity contribution in [2.75, 3.05) is 5.73 Å². The SMILES string of the molecule is Cn1c2cc(=N)ccc-2c2ccc(N)cc2c1-c1cccs1. The third-order valence-corrected chi connectivity index (χ3v) is 4.91. The second-order valence-corrected chi connectivity index (χ2v) is 6.37. The van der Waals surface area contributed by atoms with E-state index in [0.717, 1.165) is 28.0 Å². The van der Waals surface area contributed by atoms with Crippen LogP contribution in [0.25, 0.3) is 32.6 Å². The van der Waals surface area contributed by atoms with Crippen molar-refractivity contribution in [3.05, 3.63) is 59.3 Å². The topological polar surface area (TPSA) is 54.8 Å². The van der Waals surface area contributed by atoms with Crippen molar-refractivity contribution in [1.82, 2.24) is 4.57 Å². The summed E-state index contributed by atoms with van der Waals surface area (Å²) >= 11 is 1.72. The Morgan fingerprint density at radius 1 is 1.05 bits per heavy atom. The summed E-state index contributed by atoms with van der Waals surface area (Å²) in [5, 5.41) is 12.9. The highest BCUT2D eigenvalue weighted by Gasteiger charge is 2.17. The Hall–Kier alpha value is -2.59. The van der Waals surface area contributed by atoms with Crippen molar-refractivity contribution in [3.8, 4) is 21.8 Å². The van der Waals surface area contributed by atoms with Crippen LogP contribution in [-0.2, 0) is 7.05 Å². The first-order valence-electron chi connectivity index (χ1n) is 7.05. The molecule has 1 aromatic heterocycles. The van der Waals surface area contributed by atoms with Crippen LogP contribution in [0.3, 0.4) is 0 Å². The number of fused-ring (bicyclic) bond motifs is 3. The van der Waals surface area contributed by atoms with E-state index in [9.17, 15) is 0 Å². The van der Waals surface area contributed by atoms with Crippen LogP contribution in [-0.4, -0.2) is 4.57 Å². The molecule has 0 saturated carbocycles. The number of nitrogens with one attached hydrogen (secondary N) is 1. The number of pyridine rings is 1. The second kappa shape index (κ2) is 4.71. The number of rotatable bonds is 1. The van der Waals surface area contributed by atoms with Crippen molar-refractivity contribution < 1.29 is 0 Å². The van der Waals surface area contributed by atoms with Crippen LogP contribution in [0.2, 0.25) is 0 Å². The summed E-state index contributed by atoms with van der Waals surface area (Å²) in [4.78, 5) is 1.20. The maximum Gasteiger partial charge on any atom is 0.0663 e. The Morgan fingerprint density at radius 2 is 1.91 bits per heavy atom. The van der Waals surface area contributed by atoms with E-state index < -0.39 is 0 Å². The van der Waals surface area contributed by atoms with Crippen molar-refractivity contribution in [2.45, 2.75) is 0 Å². The third kappa shape index (κ3) is 1.84. The molecule has 0 bridgehead atoms. The number of hydrogen-bond donors (Lipinski definition) is 2. The quantitative estimate of drug-likeness (QED) is 0.404. The zero-order valence-corrected chi connectivity index (χ0v) is 12.9. The normalized spacial score (nSPS) is 11.3. The summed E-state index contributed by atoms with van der Waals surface area (Å²) in [6.45, 7) is 0. The third-order valence-electron chi connectivity index (χ3n) is 4.04. The molecule has 108 valence electrons. The number of nitrogens with two attached hydrogens (primary N) is 1. The fourth-order valence-electron chi connectivity index (χ4n) is 3.04. The summed E-state index contributed by atoms with van der Waals surface area (Å²) in [6.07, 6.45) is 0. The van der Waals surface area contributed by atoms with Gasteiger partial charge in [0, 0.05) is 23.7 Å². The van der Waals surface area contributed by atoms with E-state index in [1.54, 1.807) is 11.3 Å². The number of aromatic nitrogens is 1. The highest BCUT2D eigenvalue weighted by molar-refractivity contribution is 7.13. The molecule has 4 heteroatoms. The van der Waals surface area contributed by atoms with E-state index in [1.165, 1.54) is 10.3 Å². The molecule has 1 aromatic carbocycles. The predicted octanol–water partition coefficient (Wildman–Crippen LogP) is 4.07. The average Bonchev–Trinajstić information content (AvgIpc) is 3.01. The molecule has 0 unspecified atom stereocenters. The van der Waals surface area contributed by atoms with Gasteiger partial charge in [0.25, 0.3) is 0 Å². The Morgan fingerprint density at radius 3 is 2.68 bits per heavy atom. The maximum absolute atomic E-state index is 7.93. The minimum atomic E-state index is 0.523. The van der Waals surface area contributed by atoms with Crippen LogP contribution < -0.4 is 11.1 Å². The molecular weight excluding hydrogens is 290 g/mol. The first-order valence-corrected chi connectivity index (χ1v) is 7.93. The van der Waals surface area contributed by atoms with Crippen LogP contribution in [0.4, 0.5) is 5.69 Å². The molecule has 1 aliphatic carbocycles. The van der Waals surface area contributed by atoms with Gasteiger partial charge in [-0.2, -0.15) is 0 Å². The van der Waals surface area contributed by atoms with Crippen molar-refractivity contribution >= 4 is 27.8 Å². The van der Waals surface area contributed by atoms with Crippen LogP contribution in [0.15, 0.2) is 53.9 Å². The smallest absolute Gasteiger partial charge is 0.0663 e. The molecule has 3 N–H and O–H groups in total. The van der Waals surface area contributed by atoms with Gasteiger partial charge < -0.3 is 15.7 Å². The summed E-state index contributed by atoms with van der Waals surface area (Å²) < 4.78 is 2.17. The number of anilines is 1. The summed E-state index contributed by atoms with van der Waals surface area (Å²) in [7, 11) is 2.06. The van der Waals surface area contributed by atoms with Gasteiger partial charge in [-0.3, -0.25) is 0 Å². The van der Waals surface area contributed by atoms with Crippen molar-refractivity contribution in [1.29, 1.82) is 5.41 Å². The van der Waals surface area contributed by atoms with E-state index in [0.29, 0.717) is 5.36 Å². The molecule has 0 radical (unpaired) electrons. The molecule has 2 aliphatic rings. The second-order valence-electron chi connectivity index (χ2n) is 5.42. The average molecular weight is 305 g/mol. The van der Waals surface area contributed by atoms with Gasteiger partial charge in [-0.1, -0.05) is 18.2 Å². The Labute approximate surface area is 132 Å². The number of benzene rings is 2. The van der Waals surface area contributed by atoms with Crippen LogP contribution in [0, 0.1) is 5.41 Å². The van der Waals surface area contributed by atoms with Gasteiger partial charge in [-0.05, 0) is 41.1 Å². The monoisotopic (exact) mass is 305 g/mol. The number of hydrogen-bond acceptors (Lipinski definition) is 3. The van der Waals surface area contributed by atoms with Gasteiger partial charge in [-0.25, -0.2) is 0 Å². The maximum atomic E-state index is 7.93. The lowest BCUT2D eigenvalue weighted by atomic mass is 9.97. The zero-order chi connectivity index (χ0) is 15.3. The molecule has 0 amide bonds. The van der Waals surface area contributed by atoms with Crippen LogP contribution >= 0.6 is 11.3 Å². The minimum absolute atomic E-state index is 0.523. The molecule has 0 atom stereocenters. The predicted molar refractivity (Wildman–Crippen MR) is 93.1 cm³/mol. The number of nitrogen functional groups attached to an aromatic ring is 1. The van der Waals surface area contributed by atoms with Crippen molar-refractivity contribution in [2.24, 2.45) is 7.05 Å². The molecule has 1 aliphatic heterocycles. The molecule has 0 fully saturated rings. The molecule has 0 saturated heterocycles. The fourth-order valence-corrected chi connectivity index (χ4v) is 3.86. The minimum Gasteiger partial charge on any atom is -0.399 e. The highest BCUT2D eigenvalue weighted by Crippen LogP contribution is 2.39. The Bertz CT molecular complexity index is 1010. The molecule has 2 aromatic rings. The standard InChI is InChI=1S/C18H15N3S/c1-21-16-10-12(20)5-7-14(16)13-6-4-11(19)9-15(13)18(21)17-3-2-8-22-17/h2-10,20H,19H2,1H3. The van der Waals surface area contributed by atoms with Crippen LogP contribution in [0.1, 0.15) is 0 Å². The first-order chi connectivity index (χ1) is 10.6. The van der Waals surface area contributed by atoms with Gasteiger partial charge in [0.2, 0.25) is 0 Å². The summed E-state index contributed by atoms with van der Waals surface area (Å²) in [5.41, 5.74) is 10.2. The number of thiophene rings is 1. The summed E-state index contributed by atoms with van der Waals surface area (Å²) in [6, 6.07) is 16.0. The van der Waals surface area contributed by atoms with E-state index >= 15 is 0 Å².